The van der Waals surface area contributed by atoms with E-state index in [0.717, 1.165) is 5.57 Å². The lowest BCUT2D eigenvalue weighted by Crippen LogP contribution is -2.61. The molecule has 0 aromatic heterocycles. The monoisotopic (exact) mass is 340 g/mol. The Morgan fingerprint density at radius 3 is 2.79 bits per heavy atom. The van der Waals surface area contributed by atoms with Crippen molar-refractivity contribution in [2.75, 3.05) is 6.54 Å². The number of β-lactam (4-membered cyclic amide) rings is 1. The van der Waals surface area contributed by atoms with Crippen molar-refractivity contribution in [1.29, 1.82) is 0 Å². The molecule has 3 aliphatic rings. The second-order valence-electron chi connectivity index (χ2n) is 6.60. The summed E-state index contributed by atoms with van der Waals surface area (Å²) < 4.78 is 18.1. The van der Waals surface area contributed by atoms with Crippen molar-refractivity contribution in [3.05, 3.63) is 23.1 Å². The number of hydrogen-bond acceptors (Lipinski definition) is 5. The van der Waals surface area contributed by atoms with E-state index in [-0.39, 0.29) is 23.9 Å². The summed E-state index contributed by atoms with van der Waals surface area (Å²) in [5, 5.41) is 21.7. The number of aliphatic hydroxyl groups is 1. The molecule has 0 aromatic carbocycles. The lowest BCUT2D eigenvalue weighted by Gasteiger charge is -2.44. The van der Waals surface area contributed by atoms with Gasteiger partial charge < -0.3 is 20.3 Å². The molecule has 3 N–H and O–H groups in total. The molecular formula is C16H21FN2O5. The zero-order chi connectivity index (χ0) is 17.6. The number of allylic oxidation sites excluding steroid dienone is 1. The van der Waals surface area contributed by atoms with Crippen molar-refractivity contribution in [2.45, 2.75) is 51.0 Å². The van der Waals surface area contributed by atoms with E-state index in [1.807, 2.05) is 6.08 Å². The van der Waals surface area contributed by atoms with Crippen LogP contribution in [0, 0.1) is 5.92 Å². The third kappa shape index (κ3) is 2.80. The summed E-state index contributed by atoms with van der Waals surface area (Å²) in [5.41, 5.74) is 1.37. The van der Waals surface area contributed by atoms with Crippen LogP contribution in [0.1, 0.15) is 26.7 Å². The first-order valence-corrected chi connectivity index (χ1v) is 8.01. The predicted octanol–water partition coefficient (Wildman–Crippen LogP) is 1.15. The van der Waals surface area contributed by atoms with Gasteiger partial charge in [0.1, 0.15) is 6.17 Å². The van der Waals surface area contributed by atoms with Gasteiger partial charge in [0.05, 0.1) is 18.1 Å². The summed E-state index contributed by atoms with van der Waals surface area (Å²) in [6.07, 6.45) is -0.578. The van der Waals surface area contributed by atoms with Crippen LogP contribution in [-0.2, 0) is 9.53 Å². The predicted molar refractivity (Wildman–Crippen MR) is 81.6 cm³/mol. The van der Waals surface area contributed by atoms with Gasteiger partial charge in [-0.1, -0.05) is 6.08 Å². The van der Waals surface area contributed by atoms with Crippen LogP contribution in [0.3, 0.4) is 0 Å². The molecule has 0 aliphatic carbocycles. The molecule has 1 amide bonds. The van der Waals surface area contributed by atoms with Gasteiger partial charge >= 0.3 is 6.16 Å². The molecule has 0 spiro atoms. The van der Waals surface area contributed by atoms with Crippen molar-refractivity contribution in [1.82, 2.24) is 10.2 Å². The second kappa shape index (κ2) is 6.18. The largest absolute Gasteiger partial charge is 0.512 e. The number of nitrogens with zero attached hydrogens (tertiary/aromatic N) is 1. The van der Waals surface area contributed by atoms with E-state index in [1.165, 1.54) is 4.90 Å². The smallest absolute Gasteiger partial charge is 0.449 e. The van der Waals surface area contributed by atoms with E-state index in [1.54, 1.807) is 13.8 Å². The van der Waals surface area contributed by atoms with Crippen LogP contribution in [0.5, 0.6) is 0 Å². The van der Waals surface area contributed by atoms with E-state index in [9.17, 15) is 19.1 Å². The molecule has 3 rings (SSSR count). The topological polar surface area (TPSA) is 99.1 Å². The third-order valence-corrected chi connectivity index (χ3v) is 4.90. The number of fused-ring (bicyclic) bond motifs is 1. The summed E-state index contributed by atoms with van der Waals surface area (Å²) in [6.45, 7) is 3.63. The Balaban J connectivity index is 1.86. The molecule has 0 bridgehead atoms. The molecule has 0 radical (unpaired) electrons. The average molecular weight is 340 g/mol. The van der Waals surface area contributed by atoms with Crippen LogP contribution in [0.25, 0.3) is 0 Å². The SMILES string of the molecule is CC(=C[C@@H]1CC(F)CN1)C1=C(OC(=O)O)N2C(=O)[C@H]([C@@H](C)O)[C@H]2C1. The van der Waals surface area contributed by atoms with Crippen LogP contribution in [0.15, 0.2) is 23.1 Å². The number of alkyl halides is 1. The highest BCUT2D eigenvalue weighted by molar-refractivity contribution is 5.90. The number of aliphatic hydroxyl groups excluding tert-OH is 1. The van der Waals surface area contributed by atoms with Crippen LogP contribution in [0.2, 0.25) is 0 Å². The molecule has 5 atom stereocenters. The minimum absolute atomic E-state index is 0.0120. The van der Waals surface area contributed by atoms with Gasteiger partial charge in [-0.2, -0.15) is 0 Å². The zero-order valence-electron chi connectivity index (χ0n) is 13.5. The lowest BCUT2D eigenvalue weighted by atomic mass is 9.82. The first kappa shape index (κ1) is 16.9. The fraction of sp³-hybridized carbons (Fsp3) is 0.625. The van der Waals surface area contributed by atoms with Crippen LogP contribution >= 0.6 is 0 Å². The van der Waals surface area contributed by atoms with Crippen molar-refractivity contribution < 1.29 is 28.9 Å². The van der Waals surface area contributed by atoms with E-state index < -0.39 is 24.3 Å². The van der Waals surface area contributed by atoms with Gasteiger partial charge in [0, 0.05) is 18.2 Å². The Morgan fingerprint density at radius 1 is 1.54 bits per heavy atom. The lowest BCUT2D eigenvalue weighted by molar-refractivity contribution is -0.160. The first-order valence-electron chi connectivity index (χ1n) is 8.01. The van der Waals surface area contributed by atoms with Gasteiger partial charge in [0.25, 0.3) is 0 Å². The Kier molecular flexibility index (Phi) is 4.35. The maximum atomic E-state index is 13.3. The summed E-state index contributed by atoms with van der Waals surface area (Å²) in [7, 11) is 0. The molecule has 3 aliphatic heterocycles. The fourth-order valence-corrected chi connectivity index (χ4v) is 3.78. The number of carbonyl (C=O) groups excluding carboxylic acids is 1. The summed E-state index contributed by atoms with van der Waals surface area (Å²) in [6, 6.07) is -0.425. The van der Waals surface area contributed by atoms with E-state index in [4.69, 9.17) is 9.84 Å². The third-order valence-electron chi connectivity index (χ3n) is 4.90. The summed E-state index contributed by atoms with van der Waals surface area (Å²) >= 11 is 0. The number of carbonyl (C=O) groups is 2. The Morgan fingerprint density at radius 2 is 2.25 bits per heavy atom. The van der Waals surface area contributed by atoms with Crippen molar-refractivity contribution in [2.24, 2.45) is 5.92 Å². The molecule has 132 valence electrons. The molecule has 0 aromatic rings. The first-order chi connectivity index (χ1) is 11.3. The van der Waals surface area contributed by atoms with Gasteiger partial charge in [-0.3, -0.25) is 9.69 Å². The molecule has 7 nitrogen and oxygen atoms in total. The van der Waals surface area contributed by atoms with E-state index >= 15 is 0 Å². The fourth-order valence-electron chi connectivity index (χ4n) is 3.78. The quantitative estimate of drug-likeness (QED) is 0.524. The highest BCUT2D eigenvalue weighted by atomic mass is 19.1. The van der Waals surface area contributed by atoms with Crippen LogP contribution in [-0.4, -0.2) is 58.1 Å². The van der Waals surface area contributed by atoms with Crippen LogP contribution in [0.4, 0.5) is 9.18 Å². The molecule has 0 saturated carbocycles. The number of ether oxygens (including phenoxy) is 1. The molecule has 1 unspecified atom stereocenters. The maximum Gasteiger partial charge on any atom is 0.512 e. The van der Waals surface area contributed by atoms with Gasteiger partial charge in [-0.25, -0.2) is 9.18 Å². The van der Waals surface area contributed by atoms with Gasteiger partial charge in [0.2, 0.25) is 11.8 Å². The van der Waals surface area contributed by atoms with E-state index in [0.29, 0.717) is 25.0 Å². The number of nitrogens with one attached hydrogen (secondary N) is 1. The molecule has 24 heavy (non-hydrogen) atoms. The number of halogens is 1. The summed E-state index contributed by atoms with van der Waals surface area (Å²) in [5.74, 6) is -0.877. The molecule has 8 heteroatoms. The second-order valence-corrected chi connectivity index (χ2v) is 6.60. The van der Waals surface area contributed by atoms with Crippen LogP contribution < -0.4 is 5.32 Å². The molecule has 2 saturated heterocycles. The van der Waals surface area contributed by atoms with Crippen molar-refractivity contribution in [3.63, 3.8) is 0 Å². The summed E-state index contributed by atoms with van der Waals surface area (Å²) in [4.78, 5) is 24.5. The van der Waals surface area contributed by atoms with Gasteiger partial charge in [0.15, 0.2) is 0 Å². The average Bonchev–Trinajstić information content (AvgIpc) is 2.99. The zero-order valence-corrected chi connectivity index (χ0v) is 13.5. The molecule has 3 heterocycles. The molecule has 2 fully saturated rings. The Hall–Kier alpha value is -1.93. The number of amides is 1. The number of carboxylic acid groups (broad SMARTS) is 1. The molecular weight excluding hydrogens is 319 g/mol. The highest BCUT2D eigenvalue weighted by Gasteiger charge is 2.56. The van der Waals surface area contributed by atoms with Gasteiger partial charge in [-0.05, 0) is 32.3 Å². The minimum Gasteiger partial charge on any atom is -0.449 e. The maximum absolute atomic E-state index is 13.3. The minimum atomic E-state index is -1.49. The Bertz CT molecular complexity index is 630. The standard InChI is InChI=1S/C16H21FN2O5/c1-7(3-10-4-9(17)6-18-10)11-5-12-13(8(2)20)14(21)19(12)15(11)24-16(22)23/h3,8-10,12-13,18,20H,4-6H2,1-2H3,(H,22,23)/t8-,9?,10-,12-,13-/m1/s1. The van der Waals surface area contributed by atoms with E-state index in [2.05, 4.69) is 5.32 Å². The normalized spacial score (nSPS) is 34.2. The van der Waals surface area contributed by atoms with Crippen molar-refractivity contribution >= 4 is 12.1 Å². The number of rotatable bonds is 4. The van der Waals surface area contributed by atoms with Gasteiger partial charge in [-0.15, -0.1) is 0 Å². The van der Waals surface area contributed by atoms with Crippen molar-refractivity contribution in [3.8, 4) is 0 Å². The number of hydrogen-bond donors (Lipinski definition) is 3. The Labute approximate surface area is 138 Å². The highest BCUT2D eigenvalue weighted by Crippen LogP contribution is 2.46.